The number of hydrogen-bond donors (Lipinski definition) is 0. The van der Waals surface area contributed by atoms with Crippen LogP contribution < -0.4 is 9.47 Å². The number of nitrogens with zero attached hydrogens (tertiary/aromatic N) is 3. The molecule has 0 saturated carbocycles. The minimum Gasteiger partial charge on any atom is -0.493 e. The predicted molar refractivity (Wildman–Crippen MR) is 109 cm³/mol. The van der Waals surface area contributed by atoms with Gasteiger partial charge in [-0.05, 0) is 42.8 Å². The first-order chi connectivity index (χ1) is 15.5. The molecule has 0 unspecified atom stereocenters. The van der Waals surface area contributed by atoms with Gasteiger partial charge in [-0.3, -0.25) is 4.79 Å². The van der Waals surface area contributed by atoms with Crippen LogP contribution in [0.5, 0.6) is 11.5 Å². The number of carbonyl (C=O) groups excluding carboxylic acids is 1. The number of ether oxygens (including phenoxy) is 2. The normalized spacial score (nSPS) is 11.5. The Morgan fingerprint density at radius 1 is 1.15 bits per heavy atom. The summed E-state index contributed by atoms with van der Waals surface area (Å²) in [4.78, 5) is 14.3. The summed E-state index contributed by atoms with van der Waals surface area (Å²) in [6, 6.07) is 8.93. The van der Waals surface area contributed by atoms with Crippen LogP contribution in [0.2, 0.25) is 0 Å². The molecule has 11 heteroatoms. The molecular formula is C22H20F5N3O3. The summed E-state index contributed by atoms with van der Waals surface area (Å²) in [5, 5.41) is 4.08. The summed E-state index contributed by atoms with van der Waals surface area (Å²) in [6.45, 7) is -1.32. The molecule has 1 amide bonds. The maximum Gasteiger partial charge on any atom is 0.416 e. The van der Waals surface area contributed by atoms with Gasteiger partial charge in [-0.1, -0.05) is 12.1 Å². The Bertz CT molecular complexity index is 1140. The van der Waals surface area contributed by atoms with Crippen molar-refractivity contribution >= 4 is 5.91 Å². The van der Waals surface area contributed by atoms with Crippen LogP contribution in [-0.4, -0.2) is 41.4 Å². The summed E-state index contributed by atoms with van der Waals surface area (Å²) >= 11 is 0. The Morgan fingerprint density at radius 2 is 1.88 bits per heavy atom. The number of aromatic nitrogens is 2. The van der Waals surface area contributed by atoms with Crippen molar-refractivity contribution in [2.45, 2.75) is 26.3 Å². The summed E-state index contributed by atoms with van der Waals surface area (Å²) in [5.74, 6) is -0.469. The first-order valence-electron chi connectivity index (χ1n) is 9.60. The van der Waals surface area contributed by atoms with Crippen molar-refractivity contribution in [3.05, 3.63) is 71.0 Å². The second-order valence-electron chi connectivity index (χ2n) is 7.13. The Balaban J connectivity index is 1.80. The van der Waals surface area contributed by atoms with Gasteiger partial charge in [-0.15, -0.1) is 0 Å². The van der Waals surface area contributed by atoms with Gasteiger partial charge in [0.05, 0.1) is 35.8 Å². The molecule has 1 heterocycles. The molecule has 0 fully saturated rings. The third kappa shape index (κ3) is 5.41. The lowest BCUT2D eigenvalue weighted by Crippen LogP contribution is -2.26. The predicted octanol–water partition coefficient (Wildman–Crippen LogP) is 5.08. The van der Waals surface area contributed by atoms with Gasteiger partial charge in [0.1, 0.15) is 0 Å². The largest absolute Gasteiger partial charge is 0.493 e. The van der Waals surface area contributed by atoms with Crippen LogP contribution in [-0.2, 0) is 12.7 Å². The second kappa shape index (κ2) is 9.47. The number of benzene rings is 2. The highest BCUT2D eigenvalue weighted by atomic mass is 19.4. The lowest BCUT2D eigenvalue weighted by Gasteiger charge is -2.18. The van der Waals surface area contributed by atoms with Crippen molar-refractivity contribution < 1.29 is 36.2 Å². The lowest BCUT2D eigenvalue weighted by molar-refractivity contribution is -0.137. The van der Waals surface area contributed by atoms with Crippen molar-refractivity contribution in [2.75, 3.05) is 14.2 Å². The van der Waals surface area contributed by atoms with E-state index in [2.05, 4.69) is 9.84 Å². The topological polar surface area (TPSA) is 56.6 Å². The molecule has 2 aromatic carbocycles. The zero-order valence-electron chi connectivity index (χ0n) is 17.9. The highest BCUT2D eigenvalue weighted by Gasteiger charge is 2.31. The Morgan fingerprint density at radius 3 is 2.52 bits per heavy atom. The molecule has 0 radical (unpaired) electrons. The quantitative estimate of drug-likeness (QED) is 0.453. The third-order valence-corrected chi connectivity index (χ3v) is 4.87. The molecule has 0 bridgehead atoms. The van der Waals surface area contributed by atoms with Crippen molar-refractivity contribution in [3.8, 4) is 17.2 Å². The van der Waals surface area contributed by atoms with Gasteiger partial charge < -0.3 is 14.4 Å². The van der Waals surface area contributed by atoms with Gasteiger partial charge in [-0.2, -0.15) is 27.1 Å². The highest BCUT2D eigenvalue weighted by Crippen LogP contribution is 2.31. The first kappa shape index (κ1) is 24.0. The number of rotatable bonds is 7. The molecule has 33 heavy (non-hydrogen) atoms. The summed E-state index contributed by atoms with van der Waals surface area (Å²) in [5.41, 5.74) is 0.507. The summed E-state index contributed by atoms with van der Waals surface area (Å²) in [6.07, 6.45) is -3.22. The molecule has 0 saturated heterocycles. The van der Waals surface area contributed by atoms with Gasteiger partial charge in [-0.25, -0.2) is 4.68 Å². The SMILES string of the molecule is COc1cc(CN(C)C(=O)c2cnn(-c3cccc(C(F)(F)F)c3)c2C)ccc1OC(F)F. The van der Waals surface area contributed by atoms with Gasteiger partial charge in [0.25, 0.3) is 5.91 Å². The van der Waals surface area contributed by atoms with Crippen LogP contribution in [0, 0.1) is 6.92 Å². The van der Waals surface area contributed by atoms with Crippen molar-refractivity contribution in [2.24, 2.45) is 0 Å². The lowest BCUT2D eigenvalue weighted by atomic mass is 10.1. The van der Waals surface area contributed by atoms with E-state index >= 15 is 0 Å². The van der Waals surface area contributed by atoms with Crippen LogP contribution in [0.25, 0.3) is 5.69 Å². The number of halogens is 5. The Kier molecular flexibility index (Phi) is 6.89. The van der Waals surface area contributed by atoms with Gasteiger partial charge >= 0.3 is 12.8 Å². The van der Waals surface area contributed by atoms with Crippen molar-refractivity contribution in [3.63, 3.8) is 0 Å². The van der Waals surface area contributed by atoms with Crippen LogP contribution >= 0.6 is 0 Å². The van der Waals surface area contributed by atoms with E-state index < -0.39 is 24.3 Å². The first-order valence-corrected chi connectivity index (χ1v) is 9.60. The molecule has 0 spiro atoms. The number of methoxy groups -OCH3 is 1. The van der Waals surface area contributed by atoms with E-state index in [4.69, 9.17) is 4.74 Å². The van der Waals surface area contributed by atoms with Crippen LogP contribution in [0.4, 0.5) is 22.0 Å². The Hall–Kier alpha value is -3.63. The van der Waals surface area contributed by atoms with Crippen LogP contribution in [0.15, 0.2) is 48.7 Å². The van der Waals surface area contributed by atoms with Gasteiger partial charge in [0.15, 0.2) is 11.5 Å². The van der Waals surface area contributed by atoms with Crippen LogP contribution in [0.1, 0.15) is 27.2 Å². The standard InChI is InChI=1S/C22H20F5N3O3/c1-13-17(11-28-30(13)16-6-4-5-15(10-16)22(25,26)27)20(31)29(2)12-14-7-8-18(33-21(23)24)19(9-14)32-3/h4-11,21H,12H2,1-3H3. The highest BCUT2D eigenvalue weighted by molar-refractivity contribution is 5.95. The second-order valence-corrected chi connectivity index (χ2v) is 7.13. The van der Waals surface area contributed by atoms with E-state index in [-0.39, 0.29) is 29.3 Å². The summed E-state index contributed by atoms with van der Waals surface area (Å²) < 4.78 is 74.8. The molecular weight excluding hydrogens is 449 g/mol. The van der Waals surface area contributed by atoms with Crippen molar-refractivity contribution in [1.29, 1.82) is 0 Å². The van der Waals surface area contributed by atoms with E-state index in [1.807, 2.05) is 0 Å². The molecule has 0 atom stereocenters. The molecule has 0 aliphatic rings. The van der Waals surface area contributed by atoms with E-state index in [1.165, 1.54) is 60.3 Å². The minimum absolute atomic E-state index is 0.0854. The fraction of sp³-hybridized carbons (Fsp3) is 0.273. The Labute approximate surface area is 186 Å². The smallest absolute Gasteiger partial charge is 0.416 e. The van der Waals surface area contributed by atoms with Crippen molar-refractivity contribution in [1.82, 2.24) is 14.7 Å². The van der Waals surface area contributed by atoms with E-state index in [0.717, 1.165) is 12.1 Å². The van der Waals surface area contributed by atoms with Gasteiger partial charge in [0.2, 0.25) is 0 Å². The van der Waals surface area contributed by atoms with E-state index in [1.54, 1.807) is 6.92 Å². The van der Waals surface area contributed by atoms with E-state index in [0.29, 0.717) is 11.3 Å². The van der Waals surface area contributed by atoms with Crippen LogP contribution in [0.3, 0.4) is 0 Å². The molecule has 0 aliphatic carbocycles. The zero-order valence-corrected chi connectivity index (χ0v) is 17.9. The average molecular weight is 469 g/mol. The molecule has 3 aromatic rings. The fourth-order valence-electron chi connectivity index (χ4n) is 3.25. The number of alkyl halides is 5. The number of hydrogen-bond acceptors (Lipinski definition) is 4. The molecule has 1 aromatic heterocycles. The maximum atomic E-state index is 13.0. The molecule has 0 aliphatic heterocycles. The number of carbonyl (C=O) groups is 1. The fourth-order valence-corrected chi connectivity index (χ4v) is 3.25. The average Bonchev–Trinajstić information content (AvgIpc) is 3.14. The minimum atomic E-state index is -4.51. The molecule has 176 valence electrons. The van der Waals surface area contributed by atoms with Gasteiger partial charge in [0, 0.05) is 13.6 Å². The molecule has 3 rings (SSSR count). The zero-order chi connectivity index (χ0) is 24.3. The number of amides is 1. The monoisotopic (exact) mass is 469 g/mol. The van der Waals surface area contributed by atoms with E-state index in [9.17, 15) is 26.7 Å². The third-order valence-electron chi connectivity index (χ3n) is 4.87. The maximum absolute atomic E-state index is 13.0. The molecule has 6 nitrogen and oxygen atoms in total. The molecule has 0 N–H and O–H groups in total. The summed E-state index contributed by atoms with van der Waals surface area (Å²) in [7, 11) is 2.83.